The molecule has 0 aliphatic carbocycles. The van der Waals surface area contributed by atoms with Crippen molar-refractivity contribution in [3.8, 4) is 0 Å². The minimum atomic E-state index is 0.229. The summed E-state index contributed by atoms with van der Waals surface area (Å²) in [5, 5.41) is 3.18. The molecule has 0 spiro atoms. The molecule has 1 unspecified atom stereocenters. The topological polar surface area (TPSA) is 32.3 Å². The van der Waals surface area contributed by atoms with Crippen LogP contribution in [0.4, 0.5) is 5.69 Å². The van der Waals surface area contributed by atoms with E-state index in [2.05, 4.69) is 30.4 Å². The first-order valence-electron chi connectivity index (χ1n) is 6.71. The zero-order valence-electron chi connectivity index (χ0n) is 11.5. The molecule has 0 bridgehead atoms. The number of benzene rings is 1. The first-order chi connectivity index (χ1) is 8.67. The highest BCUT2D eigenvalue weighted by molar-refractivity contribution is 5.96. The largest absolute Gasteiger partial charge is 0.320 e. The fourth-order valence-electron chi connectivity index (χ4n) is 2.62. The number of nitrogens with zero attached hydrogens (tertiary/aromatic N) is 1. The zero-order valence-corrected chi connectivity index (χ0v) is 11.5. The summed E-state index contributed by atoms with van der Waals surface area (Å²) in [6.45, 7) is 3.12. The van der Waals surface area contributed by atoms with Crippen LogP contribution in [0.15, 0.2) is 18.2 Å². The van der Waals surface area contributed by atoms with E-state index < -0.39 is 0 Å². The van der Waals surface area contributed by atoms with E-state index in [1.54, 1.807) is 4.90 Å². The Morgan fingerprint density at radius 2 is 2.22 bits per heavy atom. The Morgan fingerprint density at radius 3 is 2.89 bits per heavy atom. The highest BCUT2D eigenvalue weighted by atomic mass is 16.2. The van der Waals surface area contributed by atoms with Gasteiger partial charge in [-0.3, -0.25) is 4.79 Å². The summed E-state index contributed by atoms with van der Waals surface area (Å²) >= 11 is 0. The monoisotopic (exact) mass is 246 g/mol. The molecule has 0 saturated carbocycles. The summed E-state index contributed by atoms with van der Waals surface area (Å²) in [4.78, 5) is 13.8. The van der Waals surface area contributed by atoms with E-state index in [0.717, 1.165) is 25.1 Å². The number of carbonyl (C=O) groups excluding carboxylic acids is 1. The minimum Gasteiger partial charge on any atom is -0.320 e. The van der Waals surface area contributed by atoms with E-state index >= 15 is 0 Å². The first kappa shape index (κ1) is 13.1. The van der Waals surface area contributed by atoms with Gasteiger partial charge in [-0.2, -0.15) is 0 Å². The van der Waals surface area contributed by atoms with Gasteiger partial charge in [0.2, 0.25) is 5.91 Å². The number of aryl methyl sites for hydroxylation is 1. The molecule has 1 heterocycles. The second-order valence-electron chi connectivity index (χ2n) is 4.99. The lowest BCUT2D eigenvalue weighted by Gasteiger charge is -2.32. The average Bonchev–Trinajstić information content (AvgIpc) is 2.40. The molecule has 1 amide bonds. The van der Waals surface area contributed by atoms with E-state index in [4.69, 9.17) is 0 Å². The van der Waals surface area contributed by atoms with Gasteiger partial charge in [-0.1, -0.05) is 19.1 Å². The van der Waals surface area contributed by atoms with Gasteiger partial charge in [0.25, 0.3) is 0 Å². The molecule has 0 radical (unpaired) electrons. The Labute approximate surface area is 109 Å². The third-order valence-corrected chi connectivity index (χ3v) is 3.84. The van der Waals surface area contributed by atoms with Crippen molar-refractivity contribution in [1.29, 1.82) is 0 Å². The van der Waals surface area contributed by atoms with Gasteiger partial charge < -0.3 is 10.2 Å². The lowest BCUT2D eigenvalue weighted by Crippen LogP contribution is -2.34. The second-order valence-corrected chi connectivity index (χ2v) is 4.99. The summed E-state index contributed by atoms with van der Waals surface area (Å²) in [7, 11) is 3.83. The van der Waals surface area contributed by atoms with Crippen LogP contribution in [0, 0.1) is 0 Å². The molecule has 0 saturated heterocycles. The van der Waals surface area contributed by atoms with Gasteiger partial charge in [0.05, 0.1) is 0 Å². The first-order valence-corrected chi connectivity index (χ1v) is 6.71. The number of hydrogen-bond donors (Lipinski definition) is 1. The van der Waals surface area contributed by atoms with Crippen molar-refractivity contribution >= 4 is 11.6 Å². The molecular weight excluding hydrogens is 224 g/mol. The Morgan fingerprint density at radius 1 is 1.44 bits per heavy atom. The molecule has 1 aliphatic heterocycles. The van der Waals surface area contributed by atoms with Crippen molar-refractivity contribution in [3.63, 3.8) is 0 Å². The van der Waals surface area contributed by atoms with E-state index in [9.17, 15) is 4.79 Å². The standard InChI is InChI=1S/C15H22N2O/c1-4-11-5-6-14-13(9-11)12(7-8-16-2)10-15(18)17(14)3/h5-6,9,12,16H,4,7-8,10H2,1-3H3. The maximum absolute atomic E-state index is 12.0. The molecule has 2 rings (SSSR count). The number of nitrogens with one attached hydrogen (secondary N) is 1. The predicted molar refractivity (Wildman–Crippen MR) is 75.1 cm³/mol. The van der Waals surface area contributed by atoms with Crippen molar-refractivity contribution < 1.29 is 4.79 Å². The van der Waals surface area contributed by atoms with Crippen LogP contribution < -0.4 is 10.2 Å². The van der Waals surface area contributed by atoms with Crippen molar-refractivity contribution in [3.05, 3.63) is 29.3 Å². The number of anilines is 1. The van der Waals surface area contributed by atoms with E-state index in [1.807, 2.05) is 14.1 Å². The Bertz CT molecular complexity index is 442. The molecule has 1 aromatic carbocycles. The summed E-state index contributed by atoms with van der Waals surface area (Å²) < 4.78 is 0. The van der Waals surface area contributed by atoms with Crippen LogP contribution in [0.5, 0.6) is 0 Å². The highest BCUT2D eigenvalue weighted by Gasteiger charge is 2.28. The third-order valence-electron chi connectivity index (χ3n) is 3.84. The average molecular weight is 246 g/mol. The molecule has 1 aromatic rings. The van der Waals surface area contributed by atoms with Crippen LogP contribution in [0.2, 0.25) is 0 Å². The van der Waals surface area contributed by atoms with Crippen molar-refractivity contribution in [1.82, 2.24) is 5.32 Å². The van der Waals surface area contributed by atoms with Crippen LogP contribution in [0.1, 0.15) is 36.8 Å². The molecule has 0 aromatic heterocycles. The lowest BCUT2D eigenvalue weighted by molar-refractivity contribution is -0.119. The Kier molecular flexibility index (Phi) is 4.02. The summed E-state index contributed by atoms with van der Waals surface area (Å²) in [6, 6.07) is 6.50. The fraction of sp³-hybridized carbons (Fsp3) is 0.533. The minimum absolute atomic E-state index is 0.229. The van der Waals surface area contributed by atoms with Gasteiger partial charge in [0.1, 0.15) is 0 Å². The molecular formula is C15H22N2O. The van der Waals surface area contributed by atoms with Gasteiger partial charge >= 0.3 is 0 Å². The molecule has 1 N–H and O–H groups in total. The third kappa shape index (κ3) is 2.41. The molecule has 3 heteroatoms. The van der Waals surface area contributed by atoms with Gasteiger partial charge in [0.15, 0.2) is 0 Å². The SMILES string of the molecule is CCc1ccc2c(c1)C(CCNC)CC(=O)N2C. The highest BCUT2D eigenvalue weighted by Crippen LogP contribution is 2.37. The molecule has 0 fully saturated rings. The van der Waals surface area contributed by atoms with Gasteiger partial charge in [-0.25, -0.2) is 0 Å². The van der Waals surface area contributed by atoms with Crippen LogP contribution >= 0.6 is 0 Å². The van der Waals surface area contributed by atoms with Crippen LogP contribution in [-0.2, 0) is 11.2 Å². The second kappa shape index (κ2) is 5.53. The van der Waals surface area contributed by atoms with Crippen LogP contribution in [0.3, 0.4) is 0 Å². The van der Waals surface area contributed by atoms with Crippen molar-refractivity contribution in [2.75, 3.05) is 25.5 Å². The van der Waals surface area contributed by atoms with Crippen LogP contribution in [-0.4, -0.2) is 26.5 Å². The van der Waals surface area contributed by atoms with Crippen LogP contribution in [0.25, 0.3) is 0 Å². The van der Waals surface area contributed by atoms with Crippen molar-refractivity contribution in [2.24, 2.45) is 0 Å². The fourth-order valence-corrected chi connectivity index (χ4v) is 2.62. The maximum Gasteiger partial charge on any atom is 0.227 e. The van der Waals surface area contributed by atoms with E-state index in [1.165, 1.54) is 11.1 Å². The molecule has 18 heavy (non-hydrogen) atoms. The molecule has 98 valence electrons. The smallest absolute Gasteiger partial charge is 0.227 e. The molecule has 1 aliphatic rings. The quantitative estimate of drug-likeness (QED) is 0.884. The van der Waals surface area contributed by atoms with Gasteiger partial charge in [-0.05, 0) is 49.5 Å². The van der Waals surface area contributed by atoms with E-state index in [-0.39, 0.29) is 5.91 Å². The summed E-state index contributed by atoms with van der Waals surface area (Å²) in [5.74, 6) is 0.593. The summed E-state index contributed by atoms with van der Waals surface area (Å²) in [5.41, 5.74) is 3.78. The van der Waals surface area contributed by atoms with Gasteiger partial charge in [0, 0.05) is 19.2 Å². The number of carbonyl (C=O) groups is 1. The number of fused-ring (bicyclic) bond motifs is 1. The van der Waals surface area contributed by atoms with Gasteiger partial charge in [-0.15, -0.1) is 0 Å². The normalized spacial score (nSPS) is 18.9. The van der Waals surface area contributed by atoms with E-state index in [0.29, 0.717) is 12.3 Å². The predicted octanol–water partition coefficient (Wildman–Crippen LogP) is 2.31. The lowest BCUT2D eigenvalue weighted by atomic mass is 9.86. The summed E-state index contributed by atoms with van der Waals surface area (Å²) in [6.07, 6.45) is 2.71. The molecule has 3 nitrogen and oxygen atoms in total. The zero-order chi connectivity index (χ0) is 13.1. The van der Waals surface area contributed by atoms with Crippen molar-refractivity contribution in [2.45, 2.75) is 32.1 Å². The number of amides is 1. The number of rotatable bonds is 4. The Balaban J connectivity index is 2.36. The maximum atomic E-state index is 12.0. The number of hydrogen-bond acceptors (Lipinski definition) is 2. The molecule has 1 atom stereocenters. The Hall–Kier alpha value is -1.35.